The van der Waals surface area contributed by atoms with Crippen molar-refractivity contribution >= 4 is 5.82 Å². The maximum Gasteiger partial charge on any atom is 0.155 e. The number of aryl methyl sites for hydroxylation is 2. The van der Waals surface area contributed by atoms with E-state index in [2.05, 4.69) is 39.2 Å². The first-order valence-electron chi connectivity index (χ1n) is 9.45. The van der Waals surface area contributed by atoms with Gasteiger partial charge in [-0.2, -0.15) is 0 Å². The van der Waals surface area contributed by atoms with E-state index < -0.39 is 0 Å². The summed E-state index contributed by atoms with van der Waals surface area (Å²) < 4.78 is 7.23. The normalized spacial score (nSPS) is 15.3. The Morgan fingerprint density at radius 1 is 1.31 bits per heavy atom. The maximum absolute atomic E-state index is 5.14. The van der Waals surface area contributed by atoms with Crippen LogP contribution in [0.25, 0.3) is 0 Å². The van der Waals surface area contributed by atoms with Gasteiger partial charge in [-0.1, -0.05) is 6.92 Å². The van der Waals surface area contributed by atoms with Crippen LogP contribution in [0.2, 0.25) is 0 Å². The van der Waals surface area contributed by atoms with Crippen molar-refractivity contribution in [2.45, 2.75) is 52.1 Å². The predicted molar refractivity (Wildman–Crippen MR) is 100 cm³/mol. The Bertz CT molecular complexity index is 716. The van der Waals surface area contributed by atoms with Gasteiger partial charge < -0.3 is 19.9 Å². The molecule has 3 rings (SSSR count). The molecule has 8 heteroatoms. The maximum atomic E-state index is 5.14. The number of anilines is 1. The van der Waals surface area contributed by atoms with E-state index in [9.17, 15) is 0 Å². The van der Waals surface area contributed by atoms with E-state index in [4.69, 9.17) is 14.7 Å². The number of methoxy groups -OCH3 is 1. The van der Waals surface area contributed by atoms with Gasteiger partial charge in [0.05, 0.1) is 11.7 Å². The van der Waals surface area contributed by atoms with Crippen LogP contribution in [0, 0.1) is 0 Å². The summed E-state index contributed by atoms with van der Waals surface area (Å²) in [7, 11) is 1.72. The van der Waals surface area contributed by atoms with E-state index in [1.54, 1.807) is 13.4 Å². The van der Waals surface area contributed by atoms with Gasteiger partial charge in [-0.25, -0.2) is 9.97 Å². The number of ether oxygens (including phenoxy) is 1. The summed E-state index contributed by atoms with van der Waals surface area (Å²) in [5, 5.41) is 15.4. The fourth-order valence-corrected chi connectivity index (χ4v) is 3.29. The van der Waals surface area contributed by atoms with Gasteiger partial charge in [0.2, 0.25) is 0 Å². The molecule has 8 nitrogen and oxygen atoms in total. The lowest BCUT2D eigenvalue weighted by molar-refractivity contribution is 0.190. The molecule has 142 valence electrons. The van der Waals surface area contributed by atoms with Crippen LogP contribution < -0.4 is 10.6 Å². The summed E-state index contributed by atoms with van der Waals surface area (Å²) in [6.07, 6.45) is 5.43. The fraction of sp³-hybridized carbons (Fsp3) is 0.667. The molecule has 0 aliphatic carbocycles. The van der Waals surface area contributed by atoms with E-state index >= 15 is 0 Å². The summed E-state index contributed by atoms with van der Waals surface area (Å²) in [6.45, 7) is 7.69. The average Bonchev–Trinajstić information content (AvgIpc) is 2.98. The number of nitrogens with zero attached hydrogens (tertiary/aromatic N) is 5. The molecule has 2 aromatic heterocycles. The first-order chi connectivity index (χ1) is 12.7. The van der Waals surface area contributed by atoms with Crippen molar-refractivity contribution in [3.8, 4) is 0 Å². The van der Waals surface area contributed by atoms with Gasteiger partial charge in [0.25, 0.3) is 0 Å². The van der Waals surface area contributed by atoms with Crippen molar-refractivity contribution in [3.63, 3.8) is 0 Å². The second-order valence-corrected chi connectivity index (χ2v) is 6.61. The molecule has 3 heterocycles. The molecular formula is C18H29N7O. The zero-order chi connectivity index (χ0) is 18.4. The summed E-state index contributed by atoms with van der Waals surface area (Å²) >= 11 is 0. The third-order valence-electron chi connectivity index (χ3n) is 4.68. The zero-order valence-electron chi connectivity index (χ0n) is 16.0. The highest BCUT2D eigenvalue weighted by Crippen LogP contribution is 2.24. The lowest BCUT2D eigenvalue weighted by atomic mass is 10.1. The molecule has 0 saturated carbocycles. The molecule has 26 heavy (non-hydrogen) atoms. The first-order valence-corrected chi connectivity index (χ1v) is 9.45. The molecule has 1 unspecified atom stereocenters. The van der Waals surface area contributed by atoms with E-state index in [0.717, 1.165) is 75.1 Å². The summed E-state index contributed by atoms with van der Waals surface area (Å²) in [5.41, 5.74) is 2.39. The van der Waals surface area contributed by atoms with Gasteiger partial charge in [-0.3, -0.25) is 0 Å². The molecule has 0 bridgehead atoms. The van der Waals surface area contributed by atoms with Gasteiger partial charge >= 0.3 is 0 Å². The smallest absolute Gasteiger partial charge is 0.155 e. The number of nitrogens with one attached hydrogen (secondary N) is 2. The molecule has 0 aromatic carbocycles. The van der Waals surface area contributed by atoms with Crippen LogP contribution in [0.1, 0.15) is 49.2 Å². The molecule has 2 N–H and O–H groups in total. The van der Waals surface area contributed by atoms with E-state index in [1.165, 1.54) is 5.56 Å². The molecule has 0 saturated heterocycles. The Morgan fingerprint density at radius 2 is 2.15 bits per heavy atom. The predicted octanol–water partition coefficient (Wildman–Crippen LogP) is 1.53. The van der Waals surface area contributed by atoms with Gasteiger partial charge in [0.15, 0.2) is 5.82 Å². The minimum Gasteiger partial charge on any atom is -0.385 e. The van der Waals surface area contributed by atoms with Gasteiger partial charge in [0.1, 0.15) is 18.0 Å². The lowest BCUT2D eigenvalue weighted by Crippen LogP contribution is -2.18. The highest BCUT2D eigenvalue weighted by Gasteiger charge is 2.20. The molecule has 0 spiro atoms. The Morgan fingerprint density at radius 3 is 2.96 bits per heavy atom. The molecule has 0 amide bonds. The fourth-order valence-electron chi connectivity index (χ4n) is 3.29. The molecule has 1 aliphatic heterocycles. The van der Waals surface area contributed by atoms with Crippen molar-refractivity contribution in [3.05, 3.63) is 29.2 Å². The number of rotatable bonds is 8. The standard InChI is InChI=1S/C18H29N7O/c1-4-16-22-15-7-9-19-8-6-14(15)17(23-16)21-13(2)18-24-20-12-25(18)10-5-11-26-3/h12-13,19H,4-11H2,1-3H3,(H,21,22,23). The molecule has 0 radical (unpaired) electrons. The summed E-state index contributed by atoms with van der Waals surface area (Å²) in [6, 6.07) is 0.0139. The second kappa shape index (κ2) is 9.05. The van der Waals surface area contributed by atoms with Crippen LogP contribution in [0.15, 0.2) is 6.33 Å². The quantitative estimate of drug-likeness (QED) is 0.691. The Labute approximate surface area is 154 Å². The van der Waals surface area contributed by atoms with Crippen LogP contribution in [0.4, 0.5) is 5.82 Å². The molecule has 1 atom stereocenters. The van der Waals surface area contributed by atoms with Gasteiger partial charge in [-0.05, 0) is 26.3 Å². The minimum absolute atomic E-state index is 0.0139. The first kappa shape index (κ1) is 18.7. The van der Waals surface area contributed by atoms with E-state index in [1.807, 2.05) is 0 Å². The SMILES string of the molecule is CCc1nc2c(c(NC(C)c3nncn3CCCOC)n1)CCNCC2. The van der Waals surface area contributed by atoms with Crippen LogP contribution in [-0.2, 0) is 30.5 Å². The van der Waals surface area contributed by atoms with E-state index in [0.29, 0.717) is 0 Å². The van der Waals surface area contributed by atoms with Crippen LogP contribution >= 0.6 is 0 Å². The van der Waals surface area contributed by atoms with Crippen LogP contribution in [0.3, 0.4) is 0 Å². The number of hydrogen-bond donors (Lipinski definition) is 2. The minimum atomic E-state index is 0.0139. The third-order valence-corrected chi connectivity index (χ3v) is 4.68. The van der Waals surface area contributed by atoms with Crippen molar-refractivity contribution in [1.82, 2.24) is 30.0 Å². The van der Waals surface area contributed by atoms with Crippen LogP contribution in [0.5, 0.6) is 0 Å². The van der Waals surface area contributed by atoms with Crippen LogP contribution in [-0.4, -0.2) is 51.5 Å². The summed E-state index contributed by atoms with van der Waals surface area (Å²) in [4.78, 5) is 9.53. The van der Waals surface area contributed by atoms with E-state index in [-0.39, 0.29) is 6.04 Å². The zero-order valence-corrected chi connectivity index (χ0v) is 16.0. The van der Waals surface area contributed by atoms with Crippen molar-refractivity contribution in [2.75, 3.05) is 32.1 Å². The number of aromatic nitrogens is 5. The Hall–Kier alpha value is -2.06. The van der Waals surface area contributed by atoms with Crippen molar-refractivity contribution in [2.24, 2.45) is 0 Å². The number of fused-ring (bicyclic) bond motifs is 1. The molecule has 2 aromatic rings. The van der Waals surface area contributed by atoms with Gasteiger partial charge in [0, 0.05) is 45.2 Å². The average molecular weight is 359 g/mol. The van der Waals surface area contributed by atoms with Gasteiger partial charge in [-0.15, -0.1) is 10.2 Å². The molecular weight excluding hydrogens is 330 g/mol. The highest BCUT2D eigenvalue weighted by atomic mass is 16.5. The molecule has 0 fully saturated rings. The Balaban J connectivity index is 1.81. The highest BCUT2D eigenvalue weighted by molar-refractivity contribution is 5.48. The second-order valence-electron chi connectivity index (χ2n) is 6.61. The number of hydrogen-bond acceptors (Lipinski definition) is 7. The largest absolute Gasteiger partial charge is 0.385 e. The monoisotopic (exact) mass is 359 g/mol. The topological polar surface area (TPSA) is 89.8 Å². The van der Waals surface area contributed by atoms with Crippen molar-refractivity contribution in [1.29, 1.82) is 0 Å². The summed E-state index contributed by atoms with van der Waals surface area (Å²) in [5.74, 6) is 2.75. The molecule has 1 aliphatic rings. The third kappa shape index (κ3) is 4.37. The van der Waals surface area contributed by atoms with Crippen molar-refractivity contribution < 1.29 is 4.74 Å². The Kier molecular flexibility index (Phi) is 6.51. The lowest BCUT2D eigenvalue weighted by Gasteiger charge is -2.19.